The third kappa shape index (κ3) is 3.41. The highest BCUT2D eigenvalue weighted by Gasteiger charge is 2.29. The van der Waals surface area contributed by atoms with Gasteiger partial charge >= 0.3 is 6.18 Å². The molecule has 0 N–H and O–H groups in total. The predicted molar refractivity (Wildman–Crippen MR) is 34.7 cm³/mol. The number of ether oxygens (including phenoxy) is 1. The molecule has 0 fully saturated rings. The molecular weight excluding hydrogens is 189 g/mol. The predicted octanol–water partition coefficient (Wildman–Crippen LogP) is 1.71. The maximum Gasteiger partial charge on any atom is 0.411 e. The Morgan fingerprint density at radius 3 is 2.77 bits per heavy atom. The molecule has 1 heterocycles. The minimum atomic E-state index is -4.34. The van der Waals surface area contributed by atoms with Crippen molar-refractivity contribution in [3.05, 3.63) is 12.3 Å². The highest BCUT2D eigenvalue weighted by Crippen LogP contribution is 2.20. The van der Waals surface area contributed by atoms with Crippen LogP contribution in [0.25, 0.3) is 0 Å². The monoisotopic (exact) mass is 196 g/mol. The van der Waals surface area contributed by atoms with E-state index in [0.717, 1.165) is 6.39 Å². The fourth-order valence-electron chi connectivity index (χ4n) is 0.650. The van der Waals surface area contributed by atoms with Crippen molar-refractivity contribution in [3.8, 4) is 0 Å². The van der Waals surface area contributed by atoms with Gasteiger partial charge in [-0.15, -0.1) is 10.2 Å². The zero-order chi connectivity index (χ0) is 9.90. The van der Waals surface area contributed by atoms with E-state index in [1.807, 2.05) is 0 Å². The van der Waals surface area contributed by atoms with Crippen LogP contribution >= 0.6 is 0 Å². The van der Waals surface area contributed by atoms with Crippen LogP contribution in [-0.2, 0) is 4.74 Å². The number of halogens is 3. The molecule has 0 radical (unpaired) electrons. The van der Waals surface area contributed by atoms with Crippen LogP contribution < -0.4 is 0 Å². The first-order chi connectivity index (χ1) is 5.99. The van der Waals surface area contributed by atoms with Crippen molar-refractivity contribution < 1.29 is 22.3 Å². The number of alkyl halides is 3. The van der Waals surface area contributed by atoms with Gasteiger partial charge < -0.3 is 9.15 Å². The number of aromatic nitrogens is 2. The van der Waals surface area contributed by atoms with Crippen LogP contribution in [0.1, 0.15) is 18.9 Å². The van der Waals surface area contributed by atoms with Crippen molar-refractivity contribution >= 4 is 0 Å². The van der Waals surface area contributed by atoms with Crippen LogP contribution in [0.2, 0.25) is 0 Å². The lowest BCUT2D eigenvalue weighted by molar-refractivity contribution is -0.186. The third-order valence-corrected chi connectivity index (χ3v) is 1.22. The van der Waals surface area contributed by atoms with Gasteiger partial charge in [0, 0.05) is 0 Å². The summed E-state index contributed by atoms with van der Waals surface area (Å²) in [6.07, 6.45) is -4.15. The van der Waals surface area contributed by atoms with Gasteiger partial charge in [0.25, 0.3) is 0 Å². The molecule has 13 heavy (non-hydrogen) atoms. The Bertz CT molecular complexity index is 247. The van der Waals surface area contributed by atoms with E-state index in [4.69, 9.17) is 0 Å². The van der Waals surface area contributed by atoms with E-state index in [9.17, 15) is 13.2 Å². The molecule has 0 aliphatic carbocycles. The summed E-state index contributed by atoms with van der Waals surface area (Å²) in [6, 6.07) is 0. The van der Waals surface area contributed by atoms with E-state index in [2.05, 4.69) is 19.4 Å². The summed E-state index contributed by atoms with van der Waals surface area (Å²) >= 11 is 0. The molecule has 0 bridgehead atoms. The number of hydrogen-bond acceptors (Lipinski definition) is 4. The summed E-state index contributed by atoms with van der Waals surface area (Å²) < 4.78 is 44.1. The summed E-state index contributed by atoms with van der Waals surface area (Å²) in [5, 5.41) is 6.72. The van der Waals surface area contributed by atoms with E-state index in [0.29, 0.717) is 0 Å². The Hall–Kier alpha value is -1.11. The van der Waals surface area contributed by atoms with Crippen molar-refractivity contribution in [1.29, 1.82) is 0 Å². The smallest absolute Gasteiger partial charge is 0.411 e. The van der Waals surface area contributed by atoms with Gasteiger partial charge in [0.2, 0.25) is 12.3 Å². The van der Waals surface area contributed by atoms with Crippen LogP contribution in [0.5, 0.6) is 0 Å². The molecule has 0 saturated heterocycles. The zero-order valence-electron chi connectivity index (χ0n) is 6.71. The topological polar surface area (TPSA) is 48.2 Å². The minimum Gasteiger partial charge on any atom is -0.425 e. The molecular formula is C6H7F3N2O2. The normalized spacial score (nSPS) is 14.5. The van der Waals surface area contributed by atoms with Gasteiger partial charge in [-0.25, -0.2) is 0 Å². The molecule has 4 nitrogen and oxygen atoms in total. The summed E-state index contributed by atoms with van der Waals surface area (Å²) in [6.45, 7) is 0.0792. The van der Waals surface area contributed by atoms with Crippen LogP contribution in [-0.4, -0.2) is 23.0 Å². The molecule has 1 rings (SSSR count). The summed E-state index contributed by atoms with van der Waals surface area (Å²) in [7, 11) is 0. The molecule has 0 amide bonds. The Morgan fingerprint density at radius 2 is 2.31 bits per heavy atom. The van der Waals surface area contributed by atoms with E-state index in [-0.39, 0.29) is 5.89 Å². The third-order valence-electron chi connectivity index (χ3n) is 1.22. The first kappa shape index (κ1) is 9.97. The molecule has 0 saturated carbocycles. The molecule has 1 aromatic rings. The van der Waals surface area contributed by atoms with Crippen molar-refractivity contribution in [1.82, 2.24) is 10.2 Å². The van der Waals surface area contributed by atoms with Gasteiger partial charge in [-0.05, 0) is 6.92 Å². The summed E-state index contributed by atoms with van der Waals surface area (Å²) in [5.41, 5.74) is 0. The van der Waals surface area contributed by atoms with Gasteiger partial charge in [0.1, 0.15) is 12.7 Å². The lowest BCUT2D eigenvalue weighted by Gasteiger charge is -2.10. The van der Waals surface area contributed by atoms with Gasteiger partial charge in [-0.1, -0.05) is 0 Å². The Labute approximate surface area is 71.7 Å². The maximum absolute atomic E-state index is 11.7. The molecule has 0 aromatic carbocycles. The lowest BCUT2D eigenvalue weighted by atomic mass is 10.4. The lowest BCUT2D eigenvalue weighted by Crippen LogP contribution is -2.18. The molecule has 74 valence electrons. The largest absolute Gasteiger partial charge is 0.425 e. The van der Waals surface area contributed by atoms with Crippen molar-refractivity contribution in [2.75, 3.05) is 6.61 Å². The summed E-state index contributed by atoms with van der Waals surface area (Å²) in [5.74, 6) is 0.0317. The summed E-state index contributed by atoms with van der Waals surface area (Å²) in [4.78, 5) is 0. The minimum absolute atomic E-state index is 0.0317. The molecule has 0 spiro atoms. The molecule has 7 heteroatoms. The second-order valence-corrected chi connectivity index (χ2v) is 2.35. The molecule has 0 aliphatic rings. The number of rotatable bonds is 3. The highest BCUT2D eigenvalue weighted by atomic mass is 19.4. The van der Waals surface area contributed by atoms with Crippen LogP contribution in [0.3, 0.4) is 0 Å². The average Bonchev–Trinajstić information content (AvgIpc) is 2.50. The van der Waals surface area contributed by atoms with Crippen molar-refractivity contribution in [2.24, 2.45) is 0 Å². The first-order valence-corrected chi connectivity index (χ1v) is 3.43. The van der Waals surface area contributed by atoms with Crippen molar-refractivity contribution in [3.63, 3.8) is 0 Å². The van der Waals surface area contributed by atoms with E-state index in [1.54, 1.807) is 0 Å². The maximum atomic E-state index is 11.7. The second-order valence-electron chi connectivity index (χ2n) is 2.35. The fraction of sp³-hybridized carbons (Fsp3) is 0.667. The average molecular weight is 196 g/mol. The Morgan fingerprint density at radius 1 is 1.62 bits per heavy atom. The zero-order valence-corrected chi connectivity index (χ0v) is 6.71. The van der Waals surface area contributed by atoms with Gasteiger partial charge in [-0.3, -0.25) is 0 Å². The molecule has 0 unspecified atom stereocenters. The first-order valence-electron chi connectivity index (χ1n) is 3.43. The van der Waals surface area contributed by atoms with E-state index in [1.165, 1.54) is 6.92 Å². The van der Waals surface area contributed by atoms with Crippen LogP contribution in [0.15, 0.2) is 10.8 Å². The van der Waals surface area contributed by atoms with Gasteiger partial charge in [-0.2, -0.15) is 13.2 Å². The van der Waals surface area contributed by atoms with Crippen LogP contribution in [0, 0.1) is 0 Å². The van der Waals surface area contributed by atoms with E-state index < -0.39 is 18.9 Å². The number of hydrogen-bond donors (Lipinski definition) is 0. The van der Waals surface area contributed by atoms with Crippen molar-refractivity contribution in [2.45, 2.75) is 19.2 Å². The molecule has 0 aliphatic heterocycles. The van der Waals surface area contributed by atoms with Gasteiger partial charge in [0.05, 0.1) is 0 Å². The highest BCUT2D eigenvalue weighted by molar-refractivity contribution is 4.78. The Kier molecular flexibility index (Phi) is 2.86. The fourth-order valence-corrected chi connectivity index (χ4v) is 0.650. The standard InChI is InChI=1S/C6H7F3N2O2/c1-4(5-11-10-3-13-5)12-2-6(7,8)9/h3-4H,2H2,1H3/t4-/m1/s1. The SMILES string of the molecule is C[C@@H](OCC(F)(F)F)c1nnco1. The van der Waals surface area contributed by atoms with E-state index >= 15 is 0 Å². The number of nitrogens with zero attached hydrogens (tertiary/aromatic N) is 2. The van der Waals surface area contributed by atoms with Crippen LogP contribution in [0.4, 0.5) is 13.2 Å². The quantitative estimate of drug-likeness (QED) is 0.738. The Balaban J connectivity index is 2.39. The second kappa shape index (κ2) is 3.73. The molecule has 1 aromatic heterocycles. The van der Waals surface area contributed by atoms with Gasteiger partial charge in [0.15, 0.2) is 0 Å². The molecule has 1 atom stereocenters.